The number of nitrogens with one attached hydrogen (secondary N) is 1. The fraction of sp³-hybridized carbons (Fsp3) is 0.350. The van der Waals surface area contributed by atoms with Crippen molar-refractivity contribution < 1.29 is 13.5 Å². The number of rotatable bonds is 8. The molecule has 2 aromatic carbocycles. The van der Waals surface area contributed by atoms with Crippen LogP contribution in [0.2, 0.25) is 0 Å². The highest BCUT2D eigenvalue weighted by Crippen LogP contribution is 2.19. The molecular formula is C20H27N3O3S. The highest BCUT2D eigenvalue weighted by atomic mass is 32.2. The number of hydrazone groups is 1. The molecule has 0 aliphatic heterocycles. The standard InChI is InChI=1S/C20H27N3O3S/c1-5-23(10-11-24)19-9-8-18(17(4)13-19)14-21-22-27(25,26)20-12-15(2)6-7-16(20)3/h6-9,12-14,22,24H,5,10-11H2,1-4H3/b21-14-. The first-order valence-electron chi connectivity index (χ1n) is 8.87. The van der Waals surface area contributed by atoms with E-state index in [-0.39, 0.29) is 11.5 Å². The molecule has 0 radical (unpaired) electrons. The molecule has 27 heavy (non-hydrogen) atoms. The maximum atomic E-state index is 12.5. The lowest BCUT2D eigenvalue weighted by molar-refractivity contribution is 0.302. The van der Waals surface area contributed by atoms with E-state index in [9.17, 15) is 8.42 Å². The molecule has 7 heteroatoms. The first-order chi connectivity index (χ1) is 12.8. The van der Waals surface area contributed by atoms with Crippen LogP contribution in [0, 0.1) is 20.8 Å². The molecule has 0 amide bonds. The highest BCUT2D eigenvalue weighted by Gasteiger charge is 2.15. The van der Waals surface area contributed by atoms with Crippen molar-refractivity contribution in [2.45, 2.75) is 32.6 Å². The van der Waals surface area contributed by atoms with E-state index in [2.05, 4.69) is 14.8 Å². The number of anilines is 1. The van der Waals surface area contributed by atoms with Gasteiger partial charge in [0.1, 0.15) is 0 Å². The summed E-state index contributed by atoms with van der Waals surface area (Å²) in [6.07, 6.45) is 1.50. The number of benzene rings is 2. The number of aliphatic hydroxyl groups is 1. The van der Waals surface area contributed by atoms with Gasteiger partial charge in [0.15, 0.2) is 0 Å². The lowest BCUT2D eigenvalue weighted by Crippen LogP contribution is -2.26. The lowest BCUT2D eigenvalue weighted by Gasteiger charge is -2.22. The summed E-state index contributed by atoms with van der Waals surface area (Å²) in [7, 11) is -3.71. The molecule has 0 atom stereocenters. The van der Waals surface area contributed by atoms with Gasteiger partial charge in [-0.3, -0.25) is 0 Å². The second-order valence-corrected chi connectivity index (χ2v) is 8.10. The van der Waals surface area contributed by atoms with E-state index < -0.39 is 10.0 Å². The van der Waals surface area contributed by atoms with E-state index in [1.54, 1.807) is 19.1 Å². The predicted molar refractivity (Wildman–Crippen MR) is 110 cm³/mol. The molecule has 0 spiro atoms. The summed E-state index contributed by atoms with van der Waals surface area (Å²) >= 11 is 0. The Morgan fingerprint density at radius 3 is 2.48 bits per heavy atom. The average Bonchev–Trinajstić information content (AvgIpc) is 2.63. The van der Waals surface area contributed by atoms with E-state index in [1.807, 2.05) is 45.0 Å². The molecular weight excluding hydrogens is 362 g/mol. The highest BCUT2D eigenvalue weighted by molar-refractivity contribution is 7.89. The molecule has 0 fully saturated rings. The monoisotopic (exact) mass is 389 g/mol. The SMILES string of the molecule is CCN(CCO)c1ccc(/C=N\NS(=O)(=O)c2cc(C)ccc2C)c(C)c1. The molecule has 0 saturated heterocycles. The van der Waals surface area contributed by atoms with E-state index in [4.69, 9.17) is 5.11 Å². The van der Waals surface area contributed by atoms with Gasteiger partial charge in [-0.25, -0.2) is 4.83 Å². The van der Waals surface area contributed by atoms with Crippen LogP contribution in [0.3, 0.4) is 0 Å². The molecule has 0 aliphatic rings. The lowest BCUT2D eigenvalue weighted by atomic mass is 10.1. The largest absolute Gasteiger partial charge is 0.395 e. The van der Waals surface area contributed by atoms with Gasteiger partial charge in [0.25, 0.3) is 10.0 Å². The molecule has 2 aromatic rings. The Bertz CT molecular complexity index is 924. The Morgan fingerprint density at radius 1 is 1.11 bits per heavy atom. The van der Waals surface area contributed by atoms with Gasteiger partial charge in [-0.1, -0.05) is 18.2 Å². The van der Waals surface area contributed by atoms with Gasteiger partial charge in [-0.2, -0.15) is 13.5 Å². The number of hydrogen-bond acceptors (Lipinski definition) is 5. The smallest absolute Gasteiger partial charge is 0.276 e. The third-order valence-corrected chi connectivity index (χ3v) is 5.74. The van der Waals surface area contributed by atoms with Gasteiger partial charge in [-0.05, 0) is 68.1 Å². The van der Waals surface area contributed by atoms with Gasteiger partial charge in [-0.15, -0.1) is 0 Å². The maximum Gasteiger partial charge on any atom is 0.276 e. The number of aliphatic hydroxyl groups excluding tert-OH is 1. The summed E-state index contributed by atoms with van der Waals surface area (Å²) in [5.41, 5.74) is 4.35. The molecule has 2 rings (SSSR count). The van der Waals surface area contributed by atoms with Crippen molar-refractivity contribution >= 4 is 21.9 Å². The van der Waals surface area contributed by atoms with Crippen molar-refractivity contribution in [1.82, 2.24) is 4.83 Å². The Balaban J connectivity index is 2.17. The van der Waals surface area contributed by atoms with Crippen molar-refractivity contribution in [3.05, 3.63) is 58.7 Å². The first-order valence-corrected chi connectivity index (χ1v) is 10.4. The van der Waals surface area contributed by atoms with Crippen LogP contribution in [-0.4, -0.2) is 39.4 Å². The quantitative estimate of drug-likeness (QED) is 0.537. The van der Waals surface area contributed by atoms with Crippen molar-refractivity contribution in [3.8, 4) is 0 Å². The molecule has 146 valence electrons. The molecule has 6 nitrogen and oxygen atoms in total. The molecule has 2 N–H and O–H groups in total. The second-order valence-electron chi connectivity index (χ2n) is 6.47. The minimum absolute atomic E-state index is 0.0935. The van der Waals surface area contributed by atoms with Crippen LogP contribution in [0.25, 0.3) is 0 Å². The number of sulfonamides is 1. The molecule has 0 heterocycles. The minimum atomic E-state index is -3.71. The number of likely N-dealkylation sites (N-methyl/N-ethyl adjacent to an activating group) is 1. The summed E-state index contributed by atoms with van der Waals surface area (Å²) < 4.78 is 25.0. The summed E-state index contributed by atoms with van der Waals surface area (Å²) in [5.74, 6) is 0. The van der Waals surface area contributed by atoms with Gasteiger partial charge in [0.05, 0.1) is 17.7 Å². The minimum Gasteiger partial charge on any atom is -0.395 e. The van der Waals surface area contributed by atoms with Crippen LogP contribution < -0.4 is 9.73 Å². The van der Waals surface area contributed by atoms with Crippen LogP contribution in [0.15, 0.2) is 46.4 Å². The zero-order valence-electron chi connectivity index (χ0n) is 16.2. The van der Waals surface area contributed by atoms with E-state index in [0.717, 1.165) is 28.9 Å². The molecule has 0 aromatic heterocycles. The average molecular weight is 390 g/mol. The van der Waals surface area contributed by atoms with Gasteiger partial charge >= 0.3 is 0 Å². The zero-order valence-corrected chi connectivity index (χ0v) is 17.0. The van der Waals surface area contributed by atoms with Crippen LogP contribution in [0.4, 0.5) is 5.69 Å². The number of aryl methyl sites for hydroxylation is 3. The summed E-state index contributed by atoms with van der Waals surface area (Å²) in [5, 5.41) is 13.1. The molecule has 0 unspecified atom stereocenters. The second kappa shape index (κ2) is 9.01. The van der Waals surface area contributed by atoms with E-state index in [0.29, 0.717) is 12.1 Å². The fourth-order valence-corrected chi connectivity index (χ4v) is 3.93. The van der Waals surface area contributed by atoms with Crippen LogP contribution in [0.5, 0.6) is 0 Å². The number of nitrogens with zero attached hydrogens (tertiary/aromatic N) is 2. The topological polar surface area (TPSA) is 82.0 Å². The summed E-state index contributed by atoms with van der Waals surface area (Å²) in [6.45, 7) is 9.03. The Labute approximate surface area is 161 Å². The Kier molecular flexibility index (Phi) is 6.98. The third kappa shape index (κ3) is 5.30. The zero-order chi connectivity index (χ0) is 20.0. The van der Waals surface area contributed by atoms with Gasteiger partial charge < -0.3 is 10.0 Å². The van der Waals surface area contributed by atoms with Crippen molar-refractivity contribution in [3.63, 3.8) is 0 Å². The molecule has 0 aliphatic carbocycles. The maximum absolute atomic E-state index is 12.5. The van der Waals surface area contributed by atoms with Crippen molar-refractivity contribution in [2.75, 3.05) is 24.6 Å². The van der Waals surface area contributed by atoms with Gasteiger partial charge in [0.2, 0.25) is 0 Å². The van der Waals surface area contributed by atoms with Crippen molar-refractivity contribution in [1.29, 1.82) is 0 Å². The summed E-state index contributed by atoms with van der Waals surface area (Å²) in [4.78, 5) is 4.58. The third-order valence-electron chi connectivity index (χ3n) is 4.38. The number of hydrogen-bond donors (Lipinski definition) is 2. The van der Waals surface area contributed by atoms with Crippen LogP contribution >= 0.6 is 0 Å². The van der Waals surface area contributed by atoms with E-state index in [1.165, 1.54) is 6.21 Å². The summed E-state index contributed by atoms with van der Waals surface area (Å²) in [6, 6.07) is 11.1. The van der Waals surface area contributed by atoms with Crippen LogP contribution in [0.1, 0.15) is 29.2 Å². The van der Waals surface area contributed by atoms with Crippen molar-refractivity contribution in [2.24, 2.45) is 5.10 Å². The predicted octanol–water partition coefficient (Wildman–Crippen LogP) is 2.74. The Morgan fingerprint density at radius 2 is 1.85 bits per heavy atom. The van der Waals surface area contributed by atoms with E-state index >= 15 is 0 Å². The molecule has 0 saturated carbocycles. The van der Waals surface area contributed by atoms with Gasteiger partial charge in [0, 0.05) is 18.8 Å². The Hall–Kier alpha value is -2.38. The van der Waals surface area contributed by atoms with Crippen LogP contribution in [-0.2, 0) is 10.0 Å². The normalized spacial score (nSPS) is 11.7. The molecule has 0 bridgehead atoms. The fourth-order valence-electron chi connectivity index (χ4n) is 2.80. The first kappa shape index (κ1) is 20.9.